The lowest BCUT2D eigenvalue weighted by Gasteiger charge is -2.37. The monoisotopic (exact) mass is 477 g/mol. The number of nitro groups is 1. The van der Waals surface area contributed by atoms with Crippen molar-refractivity contribution in [1.29, 1.82) is 0 Å². The summed E-state index contributed by atoms with van der Waals surface area (Å²) in [5, 5.41) is 11.8. The van der Waals surface area contributed by atoms with Crippen LogP contribution in [-0.4, -0.2) is 57.3 Å². The summed E-state index contributed by atoms with van der Waals surface area (Å²) in [4.78, 5) is 35.8. The molecule has 9 nitrogen and oxygen atoms in total. The predicted octanol–water partition coefficient (Wildman–Crippen LogP) is 4.26. The molecule has 0 saturated heterocycles. The highest BCUT2D eigenvalue weighted by Crippen LogP contribution is 2.41. The van der Waals surface area contributed by atoms with E-state index in [4.69, 9.17) is 4.74 Å². The van der Waals surface area contributed by atoms with E-state index in [1.807, 2.05) is 45.0 Å². The van der Waals surface area contributed by atoms with E-state index in [1.165, 1.54) is 7.11 Å². The molecular weight excluding hydrogens is 446 g/mol. The number of aromatic amines is 1. The van der Waals surface area contributed by atoms with E-state index in [2.05, 4.69) is 14.9 Å². The van der Waals surface area contributed by atoms with E-state index >= 15 is 0 Å². The molecule has 1 amide bonds. The molecule has 1 aromatic heterocycles. The predicted molar refractivity (Wildman–Crippen MR) is 133 cm³/mol. The number of benzene rings is 2. The lowest BCUT2D eigenvalue weighted by Crippen LogP contribution is -2.36. The molecule has 1 atom stereocenters. The average molecular weight is 478 g/mol. The van der Waals surface area contributed by atoms with E-state index in [9.17, 15) is 14.9 Å². The van der Waals surface area contributed by atoms with Crippen molar-refractivity contribution in [1.82, 2.24) is 19.8 Å². The zero-order valence-electron chi connectivity index (χ0n) is 20.6. The molecule has 1 N–H and O–H groups in total. The third-order valence-corrected chi connectivity index (χ3v) is 6.78. The maximum Gasteiger partial charge on any atom is 0.311 e. The molecule has 0 saturated carbocycles. The van der Waals surface area contributed by atoms with Crippen LogP contribution in [0.1, 0.15) is 58.3 Å². The number of amides is 1. The summed E-state index contributed by atoms with van der Waals surface area (Å²) in [6, 6.07) is 10.8. The summed E-state index contributed by atoms with van der Waals surface area (Å²) in [6.07, 6.45) is 2.42. The first-order valence-corrected chi connectivity index (χ1v) is 11.8. The SMILES string of the molecule is CCN(CC)C(=O)c1ccc(C2c3cc([N+](=O)[O-])c(OC)cc3CCN2Cc2[nH]cnc2C)cc1. The van der Waals surface area contributed by atoms with Crippen molar-refractivity contribution in [2.75, 3.05) is 26.7 Å². The van der Waals surface area contributed by atoms with Gasteiger partial charge in [-0.05, 0) is 62.1 Å². The van der Waals surface area contributed by atoms with Crippen molar-refractivity contribution in [3.63, 3.8) is 0 Å². The molecule has 9 heteroatoms. The van der Waals surface area contributed by atoms with Gasteiger partial charge < -0.3 is 14.6 Å². The second-order valence-electron chi connectivity index (χ2n) is 8.67. The maximum atomic E-state index is 12.8. The number of carbonyl (C=O) groups excluding carboxylic acids is 1. The Balaban J connectivity index is 1.78. The van der Waals surface area contributed by atoms with Crippen LogP contribution in [0.5, 0.6) is 5.75 Å². The summed E-state index contributed by atoms with van der Waals surface area (Å²) in [7, 11) is 1.45. The van der Waals surface area contributed by atoms with Crippen LogP contribution in [0.4, 0.5) is 5.69 Å². The molecule has 2 aromatic carbocycles. The van der Waals surface area contributed by atoms with Gasteiger partial charge in [0.05, 0.1) is 35.8 Å². The fraction of sp³-hybridized carbons (Fsp3) is 0.385. The van der Waals surface area contributed by atoms with Crippen molar-refractivity contribution in [3.8, 4) is 5.75 Å². The molecule has 4 rings (SSSR count). The first kappa shape index (κ1) is 24.4. The van der Waals surface area contributed by atoms with Crippen LogP contribution in [0, 0.1) is 17.0 Å². The van der Waals surface area contributed by atoms with Crippen molar-refractivity contribution in [2.45, 2.75) is 39.8 Å². The number of nitro benzene ring substituents is 1. The minimum Gasteiger partial charge on any atom is -0.490 e. The summed E-state index contributed by atoms with van der Waals surface area (Å²) in [5.41, 5.74) is 5.39. The number of nitrogens with zero attached hydrogens (tertiary/aromatic N) is 4. The molecule has 0 fully saturated rings. The van der Waals surface area contributed by atoms with Crippen LogP contribution in [0.2, 0.25) is 0 Å². The molecule has 2 heterocycles. The van der Waals surface area contributed by atoms with Gasteiger partial charge in [-0.2, -0.15) is 0 Å². The first-order chi connectivity index (χ1) is 16.9. The van der Waals surface area contributed by atoms with E-state index < -0.39 is 4.92 Å². The summed E-state index contributed by atoms with van der Waals surface area (Å²) in [6.45, 7) is 8.57. The zero-order valence-corrected chi connectivity index (χ0v) is 20.6. The van der Waals surface area contributed by atoms with E-state index in [0.29, 0.717) is 25.2 Å². The Morgan fingerprint density at radius 2 is 1.97 bits per heavy atom. The van der Waals surface area contributed by atoms with Gasteiger partial charge in [0.15, 0.2) is 5.75 Å². The van der Waals surface area contributed by atoms with Gasteiger partial charge in [0.25, 0.3) is 5.91 Å². The second kappa shape index (κ2) is 10.3. The topological polar surface area (TPSA) is 105 Å². The highest BCUT2D eigenvalue weighted by molar-refractivity contribution is 5.94. The van der Waals surface area contributed by atoms with E-state index in [1.54, 1.807) is 23.4 Å². The van der Waals surface area contributed by atoms with Crippen molar-refractivity contribution in [2.24, 2.45) is 0 Å². The van der Waals surface area contributed by atoms with Crippen LogP contribution in [0.25, 0.3) is 0 Å². The standard InChI is InChI=1S/C26H31N5O4/c1-5-29(6-2)26(32)19-9-7-18(8-10-19)25-21-14-23(31(33)34)24(35-4)13-20(21)11-12-30(25)15-22-17(3)27-16-28-22/h7-10,13-14,16,25H,5-6,11-12,15H2,1-4H3,(H,27,28). The lowest BCUT2D eigenvalue weighted by molar-refractivity contribution is -0.385. The Hall–Kier alpha value is -3.72. The van der Waals surface area contributed by atoms with Gasteiger partial charge in [-0.25, -0.2) is 4.98 Å². The van der Waals surface area contributed by atoms with Crippen LogP contribution in [0.15, 0.2) is 42.7 Å². The molecule has 1 aliphatic rings. The number of rotatable bonds is 8. The molecule has 184 valence electrons. The van der Waals surface area contributed by atoms with Crippen molar-refractivity contribution in [3.05, 3.63) is 86.5 Å². The Labute approximate surface area is 204 Å². The van der Waals surface area contributed by atoms with Crippen molar-refractivity contribution < 1.29 is 14.5 Å². The lowest BCUT2D eigenvalue weighted by atomic mass is 9.87. The fourth-order valence-electron chi connectivity index (χ4n) is 4.81. The molecule has 0 spiro atoms. The third-order valence-electron chi connectivity index (χ3n) is 6.78. The molecule has 0 bridgehead atoms. The highest BCUT2D eigenvalue weighted by Gasteiger charge is 2.33. The molecule has 1 unspecified atom stereocenters. The normalized spacial score (nSPS) is 15.5. The minimum absolute atomic E-state index is 0.00379. The number of hydrogen-bond acceptors (Lipinski definition) is 6. The number of aryl methyl sites for hydroxylation is 1. The Morgan fingerprint density at radius 3 is 2.54 bits per heavy atom. The molecule has 35 heavy (non-hydrogen) atoms. The van der Waals surface area contributed by atoms with E-state index in [0.717, 1.165) is 41.0 Å². The van der Waals surface area contributed by atoms with Gasteiger partial charge in [0, 0.05) is 37.8 Å². The Kier molecular flexibility index (Phi) is 7.16. The van der Waals surface area contributed by atoms with Gasteiger partial charge >= 0.3 is 5.69 Å². The number of methoxy groups -OCH3 is 1. The summed E-state index contributed by atoms with van der Waals surface area (Å²) in [5.74, 6) is 0.265. The van der Waals surface area contributed by atoms with Gasteiger partial charge in [0.2, 0.25) is 0 Å². The summed E-state index contributed by atoms with van der Waals surface area (Å²) >= 11 is 0. The van der Waals surface area contributed by atoms with Gasteiger partial charge in [-0.15, -0.1) is 0 Å². The van der Waals surface area contributed by atoms with Crippen LogP contribution < -0.4 is 4.74 Å². The molecule has 0 aliphatic carbocycles. The quantitative estimate of drug-likeness (QED) is 0.384. The van der Waals surface area contributed by atoms with Gasteiger partial charge in [0.1, 0.15) is 0 Å². The molecule has 3 aromatic rings. The number of H-pyrrole nitrogens is 1. The average Bonchev–Trinajstić information content (AvgIpc) is 3.27. The largest absolute Gasteiger partial charge is 0.490 e. The molecule has 0 radical (unpaired) electrons. The number of carbonyl (C=O) groups is 1. The van der Waals surface area contributed by atoms with Crippen LogP contribution in [0.3, 0.4) is 0 Å². The molecular formula is C26H31N5O4. The summed E-state index contributed by atoms with van der Waals surface area (Å²) < 4.78 is 5.32. The van der Waals surface area contributed by atoms with Gasteiger partial charge in [-0.3, -0.25) is 19.8 Å². The second-order valence-corrected chi connectivity index (χ2v) is 8.67. The first-order valence-electron chi connectivity index (χ1n) is 11.8. The zero-order chi connectivity index (χ0) is 25.1. The number of aromatic nitrogens is 2. The number of imidazole rings is 1. The Morgan fingerprint density at radius 1 is 1.26 bits per heavy atom. The van der Waals surface area contributed by atoms with Crippen LogP contribution >= 0.6 is 0 Å². The molecule has 1 aliphatic heterocycles. The maximum absolute atomic E-state index is 12.8. The van der Waals surface area contributed by atoms with E-state index in [-0.39, 0.29) is 23.4 Å². The number of ether oxygens (including phenoxy) is 1. The van der Waals surface area contributed by atoms with Crippen LogP contribution in [-0.2, 0) is 13.0 Å². The third kappa shape index (κ3) is 4.77. The smallest absolute Gasteiger partial charge is 0.311 e. The van der Waals surface area contributed by atoms with Crippen molar-refractivity contribution >= 4 is 11.6 Å². The number of nitrogens with one attached hydrogen (secondary N) is 1. The fourth-order valence-corrected chi connectivity index (χ4v) is 4.81. The minimum atomic E-state index is -0.403. The number of fused-ring (bicyclic) bond motifs is 1. The van der Waals surface area contributed by atoms with Gasteiger partial charge in [-0.1, -0.05) is 12.1 Å². The Bertz CT molecular complexity index is 1220. The highest BCUT2D eigenvalue weighted by atomic mass is 16.6. The number of hydrogen-bond donors (Lipinski definition) is 1.